The van der Waals surface area contributed by atoms with Gasteiger partial charge in [-0.25, -0.2) is 0 Å². The number of aliphatic hydroxyl groups excluding tert-OH is 1. The van der Waals surface area contributed by atoms with Gasteiger partial charge in [-0.1, -0.05) is 18.2 Å². The summed E-state index contributed by atoms with van der Waals surface area (Å²) in [6.45, 7) is 2.64. The van der Waals surface area contributed by atoms with Crippen LogP contribution in [0.4, 0.5) is 18.9 Å². The Kier molecular flexibility index (Phi) is 10.3. The minimum absolute atomic E-state index is 0.101. The summed E-state index contributed by atoms with van der Waals surface area (Å²) in [6.07, 6.45) is -1.51. The van der Waals surface area contributed by atoms with Crippen molar-refractivity contribution in [3.8, 4) is 6.07 Å². The Morgan fingerprint density at radius 2 is 1.64 bits per heavy atom. The van der Waals surface area contributed by atoms with Crippen molar-refractivity contribution in [1.82, 2.24) is 0 Å². The number of nitrogens with zero attached hydrogens (tertiary/aromatic N) is 2. The molecular weight excluding hydrogens is 473 g/mol. The Morgan fingerprint density at radius 1 is 0.972 bits per heavy atom. The van der Waals surface area contributed by atoms with Crippen molar-refractivity contribution >= 4 is 27.8 Å². The first-order chi connectivity index (χ1) is 17.3. The van der Waals surface area contributed by atoms with Crippen LogP contribution in [-0.2, 0) is 14.3 Å². The molecule has 2 aromatic rings. The maximum absolute atomic E-state index is 14.1. The van der Waals surface area contributed by atoms with Gasteiger partial charge in [0.25, 0.3) is 0 Å². The summed E-state index contributed by atoms with van der Waals surface area (Å²) in [5.74, 6) is -0.870. The summed E-state index contributed by atoms with van der Waals surface area (Å²) >= 11 is 0. The third-order valence-corrected chi connectivity index (χ3v) is 6.06. The van der Waals surface area contributed by atoms with E-state index in [0.717, 1.165) is 37.0 Å². The molecule has 0 amide bonds. The lowest BCUT2D eigenvalue weighted by Gasteiger charge is -2.29. The number of aliphatic hydroxyl groups is 1. The van der Waals surface area contributed by atoms with Gasteiger partial charge >= 0.3 is 6.18 Å². The lowest BCUT2D eigenvalue weighted by molar-refractivity contribution is -0.116. The first-order valence-corrected chi connectivity index (χ1v) is 12.2. The zero-order valence-electron chi connectivity index (χ0n) is 20.1. The molecule has 0 aromatic heterocycles. The number of nitriles is 1. The van der Waals surface area contributed by atoms with Crippen LogP contribution in [0.1, 0.15) is 37.7 Å². The Labute approximate surface area is 208 Å². The number of benzene rings is 2. The zero-order chi connectivity index (χ0) is 26.0. The molecule has 1 fully saturated rings. The van der Waals surface area contributed by atoms with Crippen molar-refractivity contribution in [3.05, 3.63) is 47.5 Å². The van der Waals surface area contributed by atoms with E-state index in [-0.39, 0.29) is 51.4 Å². The average Bonchev–Trinajstić information content (AvgIpc) is 2.87. The van der Waals surface area contributed by atoms with E-state index in [1.54, 1.807) is 12.1 Å². The lowest BCUT2D eigenvalue weighted by atomic mass is 9.93. The number of ether oxygens (including phenoxy) is 2. The van der Waals surface area contributed by atoms with Crippen molar-refractivity contribution in [3.63, 3.8) is 0 Å². The molecule has 3 rings (SSSR count). The second-order valence-electron chi connectivity index (χ2n) is 8.63. The highest BCUT2D eigenvalue weighted by molar-refractivity contribution is 6.07. The largest absolute Gasteiger partial charge is 0.418 e. The van der Waals surface area contributed by atoms with Gasteiger partial charge in [0.15, 0.2) is 5.78 Å². The molecule has 0 bridgehead atoms. The second-order valence-corrected chi connectivity index (χ2v) is 8.63. The first-order valence-electron chi connectivity index (χ1n) is 12.2. The SMILES string of the molecule is N#C/C(C(=O)CCCOCCOCCO)=C(\c1ccc2cc(N3CCCCC3)ccc2c1)C(F)(F)F. The maximum Gasteiger partial charge on any atom is 0.418 e. The van der Waals surface area contributed by atoms with Gasteiger partial charge in [0.2, 0.25) is 0 Å². The molecular formula is C27H31F3N2O4. The van der Waals surface area contributed by atoms with Gasteiger partial charge in [-0.05, 0) is 60.2 Å². The van der Waals surface area contributed by atoms with Crippen LogP contribution in [0.15, 0.2) is 42.0 Å². The van der Waals surface area contributed by atoms with E-state index in [1.165, 1.54) is 24.6 Å². The van der Waals surface area contributed by atoms with Crippen molar-refractivity contribution in [1.29, 1.82) is 5.26 Å². The fraction of sp³-hybridized carbons (Fsp3) is 0.481. The van der Waals surface area contributed by atoms with Crippen LogP contribution >= 0.6 is 0 Å². The number of halogens is 3. The molecule has 0 radical (unpaired) electrons. The summed E-state index contributed by atoms with van der Waals surface area (Å²) in [5.41, 5.74) is -1.27. The summed E-state index contributed by atoms with van der Waals surface area (Å²) in [7, 11) is 0. The quantitative estimate of drug-likeness (QED) is 0.248. The van der Waals surface area contributed by atoms with E-state index in [1.807, 2.05) is 12.1 Å². The average molecular weight is 505 g/mol. The Morgan fingerprint density at radius 3 is 2.31 bits per heavy atom. The van der Waals surface area contributed by atoms with Crippen LogP contribution < -0.4 is 4.90 Å². The Bertz CT molecular complexity index is 1100. The van der Waals surface area contributed by atoms with E-state index in [9.17, 15) is 23.2 Å². The van der Waals surface area contributed by atoms with Gasteiger partial charge in [-0.15, -0.1) is 0 Å². The highest BCUT2D eigenvalue weighted by Gasteiger charge is 2.39. The third kappa shape index (κ3) is 7.53. The molecule has 1 saturated heterocycles. The monoisotopic (exact) mass is 504 g/mol. The molecule has 0 aliphatic carbocycles. The molecule has 0 spiro atoms. The van der Waals surface area contributed by atoms with E-state index < -0.39 is 23.1 Å². The summed E-state index contributed by atoms with van der Waals surface area (Å²) in [4.78, 5) is 14.9. The molecule has 1 aliphatic heterocycles. The van der Waals surface area contributed by atoms with Crippen LogP contribution in [0.2, 0.25) is 0 Å². The molecule has 1 aliphatic rings. The number of alkyl halides is 3. The standard InChI is InChI=1S/C27H31F3N2O4/c28-27(29,30)26(24(19-31)25(34)5-4-13-35-15-16-36-14-12-33)22-7-6-21-18-23(9-8-20(21)17-22)32-10-2-1-3-11-32/h6-9,17-18,33H,1-5,10-16H2/b26-24-. The minimum Gasteiger partial charge on any atom is -0.394 e. The van der Waals surface area contributed by atoms with Gasteiger partial charge in [0, 0.05) is 31.8 Å². The summed E-state index contributed by atoms with van der Waals surface area (Å²) < 4.78 is 52.5. The Balaban J connectivity index is 1.76. The van der Waals surface area contributed by atoms with Gasteiger partial charge in [-0.2, -0.15) is 18.4 Å². The van der Waals surface area contributed by atoms with E-state index in [0.29, 0.717) is 5.39 Å². The van der Waals surface area contributed by atoms with Crippen LogP contribution in [0.25, 0.3) is 16.3 Å². The van der Waals surface area contributed by atoms with Crippen molar-refractivity contribution in [2.75, 3.05) is 51.0 Å². The molecule has 36 heavy (non-hydrogen) atoms. The summed E-state index contributed by atoms with van der Waals surface area (Å²) in [6, 6.07) is 11.5. The number of allylic oxidation sites excluding steroid dienone is 2. The fourth-order valence-electron chi connectivity index (χ4n) is 4.29. The molecule has 2 aromatic carbocycles. The van der Waals surface area contributed by atoms with Gasteiger partial charge in [-0.3, -0.25) is 4.79 Å². The smallest absolute Gasteiger partial charge is 0.394 e. The predicted octanol–water partition coefficient (Wildman–Crippen LogP) is 5.04. The number of Topliss-reactive ketones (excluding diaryl/α,β-unsaturated/α-hetero) is 1. The van der Waals surface area contributed by atoms with Crippen LogP contribution in [0.5, 0.6) is 0 Å². The molecule has 1 N–H and O–H groups in total. The zero-order valence-corrected chi connectivity index (χ0v) is 20.1. The molecule has 6 nitrogen and oxygen atoms in total. The number of rotatable bonds is 12. The number of piperidine rings is 1. The van der Waals surface area contributed by atoms with Crippen molar-refractivity contribution < 1.29 is 32.5 Å². The van der Waals surface area contributed by atoms with Crippen LogP contribution in [0.3, 0.4) is 0 Å². The lowest BCUT2D eigenvalue weighted by Crippen LogP contribution is -2.29. The minimum atomic E-state index is -4.87. The highest BCUT2D eigenvalue weighted by Crippen LogP contribution is 2.38. The van der Waals surface area contributed by atoms with E-state index in [2.05, 4.69) is 4.90 Å². The summed E-state index contributed by atoms with van der Waals surface area (Å²) in [5, 5.41) is 19.5. The number of hydrogen-bond donors (Lipinski definition) is 1. The van der Waals surface area contributed by atoms with Crippen LogP contribution in [0, 0.1) is 11.3 Å². The second kappa shape index (κ2) is 13.4. The molecule has 9 heteroatoms. The fourth-order valence-corrected chi connectivity index (χ4v) is 4.29. The number of fused-ring (bicyclic) bond motifs is 1. The van der Waals surface area contributed by atoms with Gasteiger partial charge < -0.3 is 19.5 Å². The number of ketones is 1. The van der Waals surface area contributed by atoms with Gasteiger partial charge in [0.05, 0.1) is 32.0 Å². The highest BCUT2D eigenvalue weighted by atomic mass is 19.4. The maximum atomic E-state index is 14.1. The number of carbonyl (C=O) groups is 1. The Hall–Kier alpha value is -2.93. The molecule has 0 atom stereocenters. The third-order valence-electron chi connectivity index (χ3n) is 6.06. The number of carbonyl (C=O) groups excluding carboxylic acids is 1. The first kappa shape index (κ1) is 27.7. The molecule has 1 heterocycles. The van der Waals surface area contributed by atoms with E-state index in [4.69, 9.17) is 14.6 Å². The molecule has 194 valence electrons. The van der Waals surface area contributed by atoms with Crippen molar-refractivity contribution in [2.24, 2.45) is 0 Å². The van der Waals surface area contributed by atoms with Crippen molar-refractivity contribution in [2.45, 2.75) is 38.3 Å². The molecule has 0 unspecified atom stereocenters. The number of hydrogen-bond acceptors (Lipinski definition) is 6. The van der Waals surface area contributed by atoms with Gasteiger partial charge in [0.1, 0.15) is 11.6 Å². The topological polar surface area (TPSA) is 82.8 Å². The normalized spacial score (nSPS) is 15.0. The number of anilines is 1. The van der Waals surface area contributed by atoms with E-state index >= 15 is 0 Å². The predicted molar refractivity (Wildman–Crippen MR) is 132 cm³/mol. The molecule has 0 saturated carbocycles. The van der Waals surface area contributed by atoms with Crippen LogP contribution in [-0.4, -0.2) is 63.2 Å².